The number of aromatic nitrogens is 6. The zero-order valence-electron chi connectivity index (χ0n) is 17.3. The maximum atomic E-state index is 4.90. The molecule has 0 saturated heterocycles. The van der Waals surface area contributed by atoms with E-state index in [4.69, 9.17) is 4.98 Å². The van der Waals surface area contributed by atoms with Crippen LogP contribution in [0.5, 0.6) is 0 Å². The van der Waals surface area contributed by atoms with Crippen molar-refractivity contribution in [2.75, 3.05) is 0 Å². The minimum atomic E-state index is 0.419. The molecule has 5 heterocycles. The number of nitrogens with zero attached hydrogens (tertiary/aromatic N) is 4. The number of hydrogen-bond donors (Lipinski definition) is 2. The minimum absolute atomic E-state index is 0.419. The van der Waals surface area contributed by atoms with Crippen molar-refractivity contribution >= 4 is 50.5 Å². The molecular formula is C23H21IN6S. The van der Waals surface area contributed by atoms with Crippen molar-refractivity contribution in [3.05, 3.63) is 70.3 Å². The Morgan fingerprint density at radius 1 is 1.29 bits per heavy atom. The Morgan fingerprint density at radius 3 is 2.87 bits per heavy atom. The molecular weight excluding hydrogens is 519 g/mol. The van der Waals surface area contributed by atoms with E-state index in [1.165, 1.54) is 16.0 Å². The molecule has 31 heavy (non-hydrogen) atoms. The number of halogens is 1. The third-order valence-corrected chi connectivity index (χ3v) is 6.41. The van der Waals surface area contributed by atoms with Crippen molar-refractivity contribution in [2.45, 2.75) is 17.8 Å². The summed E-state index contributed by atoms with van der Waals surface area (Å²) < 4.78 is 2.20. The number of H-pyrrole nitrogens is 2. The molecule has 0 saturated carbocycles. The van der Waals surface area contributed by atoms with Gasteiger partial charge in [0.1, 0.15) is 11.2 Å². The number of aromatic amines is 2. The molecule has 6 nitrogen and oxygen atoms in total. The summed E-state index contributed by atoms with van der Waals surface area (Å²) in [6, 6.07) is 10.5. The molecule has 0 spiro atoms. The molecule has 0 radical (unpaired) electrons. The van der Waals surface area contributed by atoms with E-state index in [1.807, 2.05) is 31.6 Å². The molecule has 5 aromatic rings. The lowest BCUT2D eigenvalue weighted by atomic mass is 10.0. The number of fused-ring (bicyclic) bond motifs is 1. The molecule has 1 atom stereocenters. The second kappa shape index (κ2) is 8.08. The smallest absolute Gasteiger partial charge is 0.135 e. The lowest BCUT2D eigenvalue weighted by molar-refractivity contribution is 0.768. The summed E-state index contributed by atoms with van der Waals surface area (Å²) in [6.45, 7) is 4.31. The van der Waals surface area contributed by atoms with E-state index in [1.54, 1.807) is 16.0 Å². The van der Waals surface area contributed by atoms with Gasteiger partial charge in [0.05, 0.1) is 23.1 Å². The first-order valence-electron chi connectivity index (χ1n) is 9.94. The summed E-state index contributed by atoms with van der Waals surface area (Å²) in [5.41, 5.74) is 8.96. The van der Waals surface area contributed by atoms with Crippen molar-refractivity contribution in [1.29, 1.82) is 0 Å². The predicted octanol–water partition coefficient (Wildman–Crippen LogP) is 5.98. The third-order valence-electron chi connectivity index (χ3n) is 5.15. The number of rotatable bonds is 5. The van der Waals surface area contributed by atoms with Gasteiger partial charge in [-0.05, 0) is 49.1 Å². The SMILES string of the molecule is Cc1[nH]c(-c2n[nH]c3ccc(-c4cnn(C)c4)nc23)cc1/C(=C\C(C)I)c1cccs1. The number of hydrogen-bond acceptors (Lipinski definition) is 4. The highest BCUT2D eigenvalue weighted by atomic mass is 127. The van der Waals surface area contributed by atoms with Gasteiger partial charge in [-0.25, -0.2) is 4.98 Å². The molecule has 0 bridgehead atoms. The summed E-state index contributed by atoms with van der Waals surface area (Å²) in [4.78, 5) is 9.70. The van der Waals surface area contributed by atoms with Gasteiger partial charge in [0, 0.05) is 38.9 Å². The first kappa shape index (κ1) is 20.2. The first-order chi connectivity index (χ1) is 15.0. The van der Waals surface area contributed by atoms with Gasteiger partial charge in [0.2, 0.25) is 0 Å². The average Bonchev–Trinajstić information content (AvgIpc) is 3.52. The number of pyridine rings is 1. The van der Waals surface area contributed by atoms with E-state index in [-0.39, 0.29) is 0 Å². The maximum absolute atomic E-state index is 4.90. The van der Waals surface area contributed by atoms with Gasteiger partial charge in [-0.3, -0.25) is 9.78 Å². The van der Waals surface area contributed by atoms with Crippen molar-refractivity contribution in [2.24, 2.45) is 7.05 Å². The highest BCUT2D eigenvalue weighted by Gasteiger charge is 2.18. The first-order valence-corrected chi connectivity index (χ1v) is 12.1. The summed E-state index contributed by atoms with van der Waals surface area (Å²) >= 11 is 4.20. The Morgan fingerprint density at radius 2 is 2.16 bits per heavy atom. The van der Waals surface area contributed by atoms with E-state index in [2.05, 4.69) is 86.4 Å². The van der Waals surface area contributed by atoms with Gasteiger partial charge in [-0.15, -0.1) is 11.3 Å². The van der Waals surface area contributed by atoms with Crippen molar-refractivity contribution in [3.8, 4) is 22.6 Å². The molecule has 0 aliphatic rings. The summed E-state index contributed by atoms with van der Waals surface area (Å²) in [5, 5.41) is 14.1. The van der Waals surface area contributed by atoms with E-state index in [0.29, 0.717) is 3.92 Å². The van der Waals surface area contributed by atoms with Crippen LogP contribution in [0.2, 0.25) is 0 Å². The number of thiophene rings is 1. The van der Waals surface area contributed by atoms with Crippen LogP contribution in [0.3, 0.4) is 0 Å². The fraction of sp³-hybridized carbons (Fsp3) is 0.174. The van der Waals surface area contributed by atoms with Crippen LogP contribution in [0.25, 0.3) is 39.3 Å². The van der Waals surface area contributed by atoms with E-state index in [0.717, 1.165) is 39.4 Å². The van der Waals surface area contributed by atoms with Crippen LogP contribution in [-0.2, 0) is 7.05 Å². The fourth-order valence-electron chi connectivity index (χ4n) is 3.73. The maximum Gasteiger partial charge on any atom is 0.135 e. The molecule has 5 aromatic heterocycles. The lowest BCUT2D eigenvalue weighted by Crippen LogP contribution is -1.91. The zero-order valence-corrected chi connectivity index (χ0v) is 20.3. The second-order valence-corrected chi connectivity index (χ2v) is 10.4. The topological polar surface area (TPSA) is 75.2 Å². The standard InChI is InChI=1S/C23H21IN6S/c1-13(24)9-17(21-5-4-8-31-21)16-10-20(26-14(16)2)23-22-19(28-29-23)7-6-18(27-22)15-11-25-30(3)12-15/h4-13,26H,1-3H3,(H,28,29)/b17-9+. The molecule has 0 aromatic carbocycles. The third kappa shape index (κ3) is 3.85. The van der Waals surface area contributed by atoms with Crippen LogP contribution in [0, 0.1) is 6.92 Å². The normalized spacial score (nSPS) is 13.2. The van der Waals surface area contributed by atoms with Gasteiger partial charge >= 0.3 is 0 Å². The molecule has 0 aliphatic carbocycles. The molecule has 5 rings (SSSR count). The predicted molar refractivity (Wildman–Crippen MR) is 135 cm³/mol. The van der Waals surface area contributed by atoms with Gasteiger partial charge in [-0.1, -0.05) is 34.7 Å². The Bertz CT molecular complexity index is 1390. The zero-order chi connectivity index (χ0) is 21.5. The fourth-order valence-corrected chi connectivity index (χ4v) is 4.86. The van der Waals surface area contributed by atoms with Gasteiger partial charge in [-0.2, -0.15) is 10.2 Å². The van der Waals surface area contributed by atoms with Gasteiger partial charge in [0.25, 0.3) is 0 Å². The molecule has 8 heteroatoms. The second-order valence-electron chi connectivity index (χ2n) is 7.52. The van der Waals surface area contributed by atoms with Gasteiger partial charge in [0.15, 0.2) is 0 Å². The number of alkyl halides is 1. The number of aryl methyl sites for hydroxylation is 2. The Hall–Kier alpha value is -2.72. The lowest BCUT2D eigenvalue weighted by Gasteiger charge is -2.06. The average molecular weight is 540 g/mol. The molecule has 156 valence electrons. The minimum Gasteiger partial charge on any atom is -0.357 e. The van der Waals surface area contributed by atoms with Crippen LogP contribution in [0.15, 0.2) is 54.2 Å². The van der Waals surface area contributed by atoms with Crippen molar-refractivity contribution < 1.29 is 0 Å². The molecule has 1 unspecified atom stereocenters. The van der Waals surface area contributed by atoms with Crippen LogP contribution in [0.4, 0.5) is 0 Å². The van der Waals surface area contributed by atoms with Crippen LogP contribution in [0.1, 0.15) is 23.1 Å². The van der Waals surface area contributed by atoms with Crippen LogP contribution < -0.4 is 0 Å². The number of allylic oxidation sites excluding steroid dienone is 1. The monoisotopic (exact) mass is 540 g/mol. The van der Waals surface area contributed by atoms with Gasteiger partial charge < -0.3 is 4.98 Å². The number of nitrogens with one attached hydrogen (secondary N) is 2. The van der Waals surface area contributed by atoms with E-state index in [9.17, 15) is 0 Å². The Kier molecular flexibility index (Phi) is 5.27. The summed E-state index contributed by atoms with van der Waals surface area (Å²) in [7, 11) is 1.91. The molecule has 0 amide bonds. The van der Waals surface area contributed by atoms with E-state index >= 15 is 0 Å². The van der Waals surface area contributed by atoms with Crippen LogP contribution >= 0.6 is 33.9 Å². The van der Waals surface area contributed by atoms with Crippen LogP contribution in [-0.4, -0.2) is 33.9 Å². The Labute approximate surface area is 197 Å². The molecule has 0 aliphatic heterocycles. The Balaban J connectivity index is 1.61. The highest BCUT2D eigenvalue weighted by molar-refractivity contribution is 14.1. The quantitative estimate of drug-likeness (QED) is 0.213. The summed E-state index contributed by atoms with van der Waals surface area (Å²) in [5.74, 6) is 0. The molecule has 2 N–H and O–H groups in total. The van der Waals surface area contributed by atoms with E-state index < -0.39 is 0 Å². The van der Waals surface area contributed by atoms with Crippen molar-refractivity contribution in [1.82, 2.24) is 29.9 Å². The largest absolute Gasteiger partial charge is 0.357 e. The molecule has 0 fully saturated rings. The van der Waals surface area contributed by atoms with Crippen molar-refractivity contribution in [3.63, 3.8) is 0 Å². The highest BCUT2D eigenvalue weighted by Crippen LogP contribution is 2.35. The summed E-state index contributed by atoms with van der Waals surface area (Å²) in [6.07, 6.45) is 6.11.